The molecule has 1 saturated heterocycles. The Morgan fingerprint density at radius 1 is 1.18 bits per heavy atom. The predicted molar refractivity (Wildman–Crippen MR) is 131 cm³/mol. The van der Waals surface area contributed by atoms with Crippen molar-refractivity contribution in [2.75, 3.05) is 18.8 Å². The van der Waals surface area contributed by atoms with Gasteiger partial charge in [-0.25, -0.2) is 14.6 Å². The van der Waals surface area contributed by atoms with Gasteiger partial charge in [0.15, 0.2) is 5.65 Å². The summed E-state index contributed by atoms with van der Waals surface area (Å²) in [6, 6.07) is 15.5. The van der Waals surface area contributed by atoms with E-state index in [1.165, 1.54) is 12.4 Å². The van der Waals surface area contributed by atoms with Crippen LogP contribution in [0.2, 0.25) is 0 Å². The molecule has 8 nitrogen and oxygen atoms in total. The highest BCUT2D eigenvalue weighted by Gasteiger charge is 2.28. The van der Waals surface area contributed by atoms with E-state index in [4.69, 9.17) is 15.6 Å². The molecule has 8 heteroatoms. The number of amides is 1. The van der Waals surface area contributed by atoms with Crippen LogP contribution in [0.3, 0.4) is 0 Å². The van der Waals surface area contributed by atoms with Gasteiger partial charge in [-0.15, -0.1) is 0 Å². The number of hydrogen-bond acceptors (Lipinski definition) is 6. The van der Waals surface area contributed by atoms with Gasteiger partial charge in [0, 0.05) is 18.7 Å². The van der Waals surface area contributed by atoms with Crippen LogP contribution in [0.4, 0.5) is 5.82 Å². The maximum Gasteiger partial charge on any atom is 0.246 e. The Bertz CT molecular complexity index is 1360. The zero-order valence-corrected chi connectivity index (χ0v) is 19.0. The Balaban J connectivity index is 1.54. The number of para-hydroxylation sites is 1. The summed E-state index contributed by atoms with van der Waals surface area (Å²) in [4.78, 5) is 22.8. The number of hydrogen-bond donors (Lipinski definition) is 1. The molecule has 2 N–H and O–H groups in total. The number of aromatic nitrogens is 4. The second-order valence-corrected chi connectivity index (χ2v) is 8.43. The van der Waals surface area contributed by atoms with Crippen molar-refractivity contribution in [1.82, 2.24) is 24.6 Å². The van der Waals surface area contributed by atoms with Gasteiger partial charge in [-0.3, -0.25) is 4.79 Å². The number of benzene rings is 2. The summed E-state index contributed by atoms with van der Waals surface area (Å²) in [5.41, 5.74) is 9.63. The fourth-order valence-electron chi connectivity index (χ4n) is 4.51. The number of nitrogens with zero attached hydrogens (tertiary/aromatic N) is 5. The van der Waals surface area contributed by atoms with Gasteiger partial charge in [0.25, 0.3) is 0 Å². The molecule has 0 aliphatic carbocycles. The second-order valence-electron chi connectivity index (χ2n) is 8.43. The first-order valence-corrected chi connectivity index (χ1v) is 11.3. The number of anilines is 1. The van der Waals surface area contributed by atoms with Crippen LogP contribution in [0, 0.1) is 6.92 Å². The van der Waals surface area contributed by atoms with E-state index in [0.29, 0.717) is 24.6 Å². The van der Waals surface area contributed by atoms with Crippen LogP contribution < -0.4 is 10.5 Å². The number of piperidine rings is 1. The number of fused-ring (bicyclic) bond motifs is 1. The van der Waals surface area contributed by atoms with Crippen molar-refractivity contribution in [3.05, 3.63) is 73.1 Å². The normalized spacial score (nSPS) is 15.9. The Morgan fingerprint density at radius 2 is 2.00 bits per heavy atom. The minimum atomic E-state index is -0.0691. The first-order valence-electron chi connectivity index (χ1n) is 11.3. The molecule has 0 unspecified atom stereocenters. The number of likely N-dealkylation sites (tertiary alicyclic amines) is 1. The molecule has 1 fully saturated rings. The van der Waals surface area contributed by atoms with Gasteiger partial charge in [0.1, 0.15) is 29.3 Å². The van der Waals surface area contributed by atoms with Crippen molar-refractivity contribution < 1.29 is 9.53 Å². The Morgan fingerprint density at radius 3 is 2.76 bits per heavy atom. The lowest BCUT2D eigenvalue weighted by atomic mass is 10.0. The zero-order valence-electron chi connectivity index (χ0n) is 19.0. The lowest BCUT2D eigenvalue weighted by molar-refractivity contribution is -0.127. The molecule has 0 saturated carbocycles. The third-order valence-corrected chi connectivity index (χ3v) is 6.18. The molecule has 1 amide bonds. The average Bonchev–Trinajstić information content (AvgIpc) is 3.25. The van der Waals surface area contributed by atoms with Gasteiger partial charge >= 0.3 is 0 Å². The van der Waals surface area contributed by atoms with Crippen molar-refractivity contribution in [1.29, 1.82) is 0 Å². The quantitative estimate of drug-likeness (QED) is 0.445. The van der Waals surface area contributed by atoms with Crippen LogP contribution in [0.25, 0.3) is 22.3 Å². The van der Waals surface area contributed by atoms with Crippen LogP contribution in [0.1, 0.15) is 24.4 Å². The summed E-state index contributed by atoms with van der Waals surface area (Å²) >= 11 is 0. The molecule has 1 aliphatic heterocycles. The third-order valence-electron chi connectivity index (χ3n) is 6.18. The Hall–Kier alpha value is -4.20. The minimum Gasteiger partial charge on any atom is -0.457 e. The molecule has 0 radical (unpaired) electrons. The third kappa shape index (κ3) is 3.98. The summed E-state index contributed by atoms with van der Waals surface area (Å²) < 4.78 is 7.89. The average molecular weight is 455 g/mol. The maximum absolute atomic E-state index is 12.2. The molecular formula is C26H26N6O2. The van der Waals surface area contributed by atoms with Crippen LogP contribution in [-0.4, -0.2) is 43.6 Å². The number of ether oxygens (including phenoxy) is 1. The molecule has 0 spiro atoms. The molecule has 34 heavy (non-hydrogen) atoms. The molecule has 1 atom stereocenters. The fourth-order valence-corrected chi connectivity index (χ4v) is 4.51. The highest BCUT2D eigenvalue weighted by Crippen LogP contribution is 2.36. The van der Waals surface area contributed by atoms with Crippen molar-refractivity contribution in [3.63, 3.8) is 0 Å². The number of nitrogens with two attached hydrogens (primary N) is 1. The van der Waals surface area contributed by atoms with E-state index in [-0.39, 0.29) is 11.9 Å². The molecule has 172 valence electrons. The zero-order chi connectivity index (χ0) is 23.7. The lowest BCUT2D eigenvalue weighted by Crippen LogP contribution is -2.40. The molecule has 5 rings (SSSR count). The van der Waals surface area contributed by atoms with Gasteiger partial charge in [-0.2, -0.15) is 5.10 Å². The summed E-state index contributed by atoms with van der Waals surface area (Å²) in [5.74, 6) is 1.83. The minimum absolute atomic E-state index is 0.0100. The predicted octanol–water partition coefficient (Wildman–Crippen LogP) is 4.53. The van der Waals surface area contributed by atoms with Gasteiger partial charge < -0.3 is 15.4 Å². The van der Waals surface area contributed by atoms with Crippen molar-refractivity contribution in [2.24, 2.45) is 0 Å². The van der Waals surface area contributed by atoms with Crippen LogP contribution in [0.5, 0.6) is 11.5 Å². The van der Waals surface area contributed by atoms with E-state index in [1.807, 2.05) is 60.1 Å². The largest absolute Gasteiger partial charge is 0.457 e. The van der Waals surface area contributed by atoms with Crippen molar-refractivity contribution in [3.8, 4) is 22.8 Å². The van der Waals surface area contributed by atoms with Crippen molar-refractivity contribution >= 4 is 22.8 Å². The summed E-state index contributed by atoms with van der Waals surface area (Å²) in [6.07, 6.45) is 4.59. The van der Waals surface area contributed by atoms with E-state index in [1.54, 1.807) is 4.90 Å². The summed E-state index contributed by atoms with van der Waals surface area (Å²) in [6.45, 7) is 6.90. The molecule has 0 bridgehead atoms. The van der Waals surface area contributed by atoms with Gasteiger partial charge in [0.2, 0.25) is 5.91 Å². The highest BCUT2D eigenvalue weighted by molar-refractivity contribution is 5.99. The second kappa shape index (κ2) is 8.97. The van der Waals surface area contributed by atoms with E-state index in [2.05, 4.69) is 16.5 Å². The topological polar surface area (TPSA) is 99.2 Å². The van der Waals surface area contributed by atoms with E-state index in [9.17, 15) is 4.79 Å². The summed E-state index contributed by atoms with van der Waals surface area (Å²) in [5, 5.41) is 5.68. The molecule has 1 aliphatic rings. The number of carbonyl (C=O) groups is 1. The van der Waals surface area contributed by atoms with Crippen LogP contribution in [0.15, 0.2) is 67.5 Å². The monoisotopic (exact) mass is 454 g/mol. The Labute approximate surface area is 197 Å². The summed E-state index contributed by atoms with van der Waals surface area (Å²) in [7, 11) is 0. The van der Waals surface area contributed by atoms with Crippen LogP contribution >= 0.6 is 0 Å². The van der Waals surface area contributed by atoms with Gasteiger partial charge in [-0.05, 0) is 61.7 Å². The number of aryl methyl sites for hydroxylation is 1. The first-order chi connectivity index (χ1) is 16.5. The van der Waals surface area contributed by atoms with E-state index in [0.717, 1.165) is 46.5 Å². The van der Waals surface area contributed by atoms with E-state index < -0.39 is 0 Å². The lowest BCUT2D eigenvalue weighted by Gasteiger charge is -2.32. The molecule has 3 heterocycles. The maximum atomic E-state index is 12.2. The first kappa shape index (κ1) is 21.6. The number of carbonyl (C=O) groups excluding carboxylic acids is 1. The molecular weight excluding hydrogens is 428 g/mol. The molecule has 2 aromatic heterocycles. The fraction of sp³-hybridized carbons (Fsp3) is 0.231. The van der Waals surface area contributed by atoms with Crippen LogP contribution in [-0.2, 0) is 4.79 Å². The smallest absolute Gasteiger partial charge is 0.246 e. The number of rotatable bonds is 5. The number of nitrogen functional groups attached to an aromatic ring is 1. The Kier molecular flexibility index (Phi) is 5.71. The highest BCUT2D eigenvalue weighted by atomic mass is 16.5. The molecule has 2 aromatic carbocycles. The van der Waals surface area contributed by atoms with E-state index >= 15 is 0 Å². The standard InChI is InChI=1S/C26H26N6O2/c1-3-22(33)31-13-7-8-18(15-31)32-26-23(25(27)28-16-29-26)24(30-32)21-12-11-20(14-17(21)2)34-19-9-5-4-6-10-19/h3-6,9-12,14,16,18H,1,7-8,13,15H2,2H3,(H2,27,28,29)/t18-/m1/s1. The van der Waals surface area contributed by atoms with Gasteiger partial charge in [-0.1, -0.05) is 24.8 Å². The molecule has 4 aromatic rings. The SMILES string of the molecule is C=CC(=O)N1CCC[C@@H](n2nc(-c3ccc(Oc4ccccc4)cc3C)c3c(N)ncnc32)C1. The van der Waals surface area contributed by atoms with Gasteiger partial charge in [0.05, 0.1) is 11.4 Å². The van der Waals surface area contributed by atoms with Crippen molar-refractivity contribution in [2.45, 2.75) is 25.8 Å².